The molecule has 1 amide bonds. The Morgan fingerprint density at radius 3 is 2.76 bits per heavy atom. The first-order valence-corrected chi connectivity index (χ1v) is 8.62. The number of nitrogens with zero attached hydrogens (tertiary/aromatic N) is 4. The lowest BCUT2D eigenvalue weighted by atomic mass is 10.0. The third-order valence-corrected chi connectivity index (χ3v) is 4.24. The van der Waals surface area contributed by atoms with E-state index in [0.29, 0.717) is 24.9 Å². The quantitative estimate of drug-likeness (QED) is 0.864. The first-order chi connectivity index (χ1) is 12.2. The molecule has 1 N–H and O–H groups in total. The van der Waals surface area contributed by atoms with Gasteiger partial charge in [0.1, 0.15) is 12.1 Å². The highest BCUT2D eigenvalue weighted by molar-refractivity contribution is 5.78. The van der Waals surface area contributed by atoms with Crippen molar-refractivity contribution in [2.24, 2.45) is 0 Å². The standard InChI is InChI=1S/C18H23N5O2/c1-2-25-17-12-16(20-13-21-17)22-15-5-9-23(10-6-15)18(24)11-14-3-7-19-8-4-14/h3-4,7-8,12-13,15H,2,5-6,9-11H2,1H3,(H,20,21,22). The minimum absolute atomic E-state index is 0.172. The van der Waals surface area contributed by atoms with Crippen molar-refractivity contribution in [1.29, 1.82) is 0 Å². The zero-order valence-electron chi connectivity index (χ0n) is 14.4. The SMILES string of the molecule is CCOc1cc(NC2CCN(C(=O)Cc3ccncc3)CC2)ncn1. The van der Waals surface area contributed by atoms with Gasteiger partial charge in [0.2, 0.25) is 11.8 Å². The van der Waals surface area contributed by atoms with Gasteiger partial charge in [-0.2, -0.15) is 0 Å². The van der Waals surface area contributed by atoms with Crippen LogP contribution in [0.15, 0.2) is 36.9 Å². The van der Waals surface area contributed by atoms with Crippen molar-refractivity contribution in [1.82, 2.24) is 19.9 Å². The first-order valence-electron chi connectivity index (χ1n) is 8.62. The molecule has 1 fully saturated rings. The fraction of sp³-hybridized carbons (Fsp3) is 0.444. The smallest absolute Gasteiger partial charge is 0.226 e. The average molecular weight is 341 g/mol. The summed E-state index contributed by atoms with van der Waals surface area (Å²) in [6.07, 6.45) is 7.17. The molecule has 0 saturated carbocycles. The fourth-order valence-corrected chi connectivity index (χ4v) is 2.91. The molecule has 7 heteroatoms. The molecule has 0 aromatic carbocycles. The van der Waals surface area contributed by atoms with Crippen molar-refractivity contribution in [2.45, 2.75) is 32.2 Å². The Morgan fingerprint density at radius 2 is 2.04 bits per heavy atom. The molecule has 132 valence electrons. The Morgan fingerprint density at radius 1 is 1.28 bits per heavy atom. The van der Waals surface area contributed by atoms with E-state index in [1.165, 1.54) is 6.33 Å². The van der Waals surface area contributed by atoms with Crippen LogP contribution in [0.1, 0.15) is 25.3 Å². The number of piperidine rings is 1. The van der Waals surface area contributed by atoms with Crippen LogP contribution < -0.4 is 10.1 Å². The summed E-state index contributed by atoms with van der Waals surface area (Å²) < 4.78 is 5.39. The molecule has 1 aliphatic rings. The maximum Gasteiger partial charge on any atom is 0.226 e. The van der Waals surface area contributed by atoms with Crippen LogP contribution in [0.25, 0.3) is 0 Å². The van der Waals surface area contributed by atoms with E-state index >= 15 is 0 Å². The van der Waals surface area contributed by atoms with E-state index in [4.69, 9.17) is 4.74 Å². The topological polar surface area (TPSA) is 80.2 Å². The molecule has 3 rings (SSSR count). The molecule has 0 aliphatic carbocycles. The zero-order chi connectivity index (χ0) is 17.5. The fourth-order valence-electron chi connectivity index (χ4n) is 2.91. The molecule has 7 nitrogen and oxygen atoms in total. The Labute approximate surface area is 147 Å². The zero-order valence-corrected chi connectivity index (χ0v) is 14.4. The van der Waals surface area contributed by atoms with E-state index < -0.39 is 0 Å². The van der Waals surface area contributed by atoms with Crippen molar-refractivity contribution >= 4 is 11.7 Å². The van der Waals surface area contributed by atoms with Gasteiger partial charge in [-0.1, -0.05) is 0 Å². The van der Waals surface area contributed by atoms with Gasteiger partial charge >= 0.3 is 0 Å². The summed E-state index contributed by atoms with van der Waals surface area (Å²) in [6, 6.07) is 5.88. The lowest BCUT2D eigenvalue weighted by Gasteiger charge is -2.32. The summed E-state index contributed by atoms with van der Waals surface area (Å²) >= 11 is 0. The summed E-state index contributed by atoms with van der Waals surface area (Å²) in [5, 5.41) is 3.41. The lowest BCUT2D eigenvalue weighted by molar-refractivity contribution is -0.131. The summed E-state index contributed by atoms with van der Waals surface area (Å²) in [7, 11) is 0. The number of amides is 1. The van der Waals surface area contributed by atoms with Gasteiger partial charge in [0.15, 0.2) is 0 Å². The van der Waals surface area contributed by atoms with E-state index in [-0.39, 0.29) is 5.91 Å². The molecular weight excluding hydrogens is 318 g/mol. The van der Waals surface area contributed by atoms with Crippen molar-refractivity contribution in [3.05, 3.63) is 42.5 Å². The van der Waals surface area contributed by atoms with Crippen LogP contribution in [-0.2, 0) is 11.2 Å². The van der Waals surface area contributed by atoms with Crippen molar-refractivity contribution < 1.29 is 9.53 Å². The number of hydrogen-bond acceptors (Lipinski definition) is 6. The van der Waals surface area contributed by atoms with E-state index in [9.17, 15) is 4.79 Å². The molecule has 0 radical (unpaired) electrons. The number of pyridine rings is 1. The van der Waals surface area contributed by atoms with Crippen molar-refractivity contribution in [3.8, 4) is 5.88 Å². The molecule has 0 unspecified atom stereocenters. The Hall–Kier alpha value is -2.70. The second-order valence-corrected chi connectivity index (χ2v) is 6.01. The van der Waals surface area contributed by atoms with Gasteiger partial charge in [-0.15, -0.1) is 0 Å². The first kappa shape index (κ1) is 17.1. The lowest BCUT2D eigenvalue weighted by Crippen LogP contribution is -2.43. The van der Waals surface area contributed by atoms with Gasteiger partial charge in [0, 0.05) is 37.6 Å². The largest absolute Gasteiger partial charge is 0.478 e. The monoisotopic (exact) mass is 341 g/mol. The molecule has 0 spiro atoms. The summed E-state index contributed by atoms with van der Waals surface area (Å²) in [6.45, 7) is 4.01. The highest BCUT2D eigenvalue weighted by atomic mass is 16.5. The number of aromatic nitrogens is 3. The molecule has 0 bridgehead atoms. The molecule has 2 aromatic rings. The van der Waals surface area contributed by atoms with Crippen LogP contribution in [0, 0.1) is 0 Å². The van der Waals surface area contributed by atoms with E-state index in [1.807, 2.05) is 30.0 Å². The summed E-state index contributed by atoms with van der Waals surface area (Å²) in [5.41, 5.74) is 1.00. The Bertz CT molecular complexity index is 687. The third-order valence-electron chi connectivity index (χ3n) is 4.24. The molecule has 2 aromatic heterocycles. The number of hydrogen-bond donors (Lipinski definition) is 1. The second kappa shape index (κ2) is 8.41. The van der Waals surface area contributed by atoms with E-state index in [2.05, 4.69) is 20.3 Å². The molecule has 0 atom stereocenters. The normalized spacial score (nSPS) is 15.0. The minimum atomic E-state index is 0.172. The molecule has 1 saturated heterocycles. The number of carbonyl (C=O) groups excluding carboxylic acids is 1. The van der Waals surface area contributed by atoms with Gasteiger partial charge in [-0.05, 0) is 37.5 Å². The van der Waals surface area contributed by atoms with Gasteiger partial charge in [0.25, 0.3) is 0 Å². The number of anilines is 1. The van der Waals surface area contributed by atoms with Crippen LogP contribution in [0.2, 0.25) is 0 Å². The highest BCUT2D eigenvalue weighted by Crippen LogP contribution is 2.18. The third kappa shape index (κ3) is 4.89. The Kier molecular flexibility index (Phi) is 5.77. The Balaban J connectivity index is 1.48. The number of rotatable bonds is 6. The molecular formula is C18H23N5O2. The molecule has 3 heterocycles. The van der Waals surface area contributed by atoms with Gasteiger partial charge in [-0.25, -0.2) is 9.97 Å². The van der Waals surface area contributed by atoms with Gasteiger partial charge in [-0.3, -0.25) is 9.78 Å². The maximum absolute atomic E-state index is 12.4. The van der Waals surface area contributed by atoms with Crippen molar-refractivity contribution in [3.63, 3.8) is 0 Å². The van der Waals surface area contributed by atoms with Crippen LogP contribution in [-0.4, -0.2) is 51.5 Å². The van der Waals surface area contributed by atoms with Crippen LogP contribution in [0.3, 0.4) is 0 Å². The molecule has 25 heavy (non-hydrogen) atoms. The predicted molar refractivity (Wildman–Crippen MR) is 94.4 cm³/mol. The maximum atomic E-state index is 12.4. The van der Waals surface area contributed by atoms with E-state index in [0.717, 1.165) is 37.3 Å². The second-order valence-electron chi connectivity index (χ2n) is 6.01. The van der Waals surface area contributed by atoms with Crippen LogP contribution in [0.5, 0.6) is 5.88 Å². The van der Waals surface area contributed by atoms with Gasteiger partial charge in [0.05, 0.1) is 13.0 Å². The van der Waals surface area contributed by atoms with Gasteiger partial charge < -0.3 is 15.0 Å². The number of likely N-dealkylation sites (tertiary alicyclic amines) is 1. The van der Waals surface area contributed by atoms with E-state index in [1.54, 1.807) is 12.4 Å². The van der Waals surface area contributed by atoms with Crippen molar-refractivity contribution in [2.75, 3.05) is 25.0 Å². The number of ether oxygens (including phenoxy) is 1. The molecule has 1 aliphatic heterocycles. The number of nitrogens with one attached hydrogen (secondary N) is 1. The van der Waals surface area contributed by atoms with Crippen LogP contribution in [0.4, 0.5) is 5.82 Å². The number of carbonyl (C=O) groups is 1. The van der Waals surface area contributed by atoms with Crippen LogP contribution >= 0.6 is 0 Å². The predicted octanol–water partition coefficient (Wildman–Crippen LogP) is 1.92. The summed E-state index contributed by atoms with van der Waals surface area (Å²) in [4.78, 5) is 26.6. The summed E-state index contributed by atoms with van der Waals surface area (Å²) in [5.74, 6) is 1.51. The average Bonchev–Trinajstić information content (AvgIpc) is 2.64. The highest BCUT2D eigenvalue weighted by Gasteiger charge is 2.23. The minimum Gasteiger partial charge on any atom is -0.478 e.